The number of ether oxygens (including phenoxy) is 2. The molecule has 1 heterocycles. The van der Waals surface area contributed by atoms with E-state index in [9.17, 15) is 13.2 Å². The molecule has 32 heavy (non-hydrogen) atoms. The Morgan fingerprint density at radius 3 is 2.25 bits per heavy atom. The monoisotopic (exact) mass is 438 g/mol. The van der Waals surface area contributed by atoms with Crippen molar-refractivity contribution in [2.75, 3.05) is 13.2 Å². The first-order valence-corrected chi connectivity index (χ1v) is 10.9. The zero-order valence-electron chi connectivity index (χ0n) is 18.0. The second-order valence-corrected chi connectivity index (χ2v) is 8.16. The lowest BCUT2D eigenvalue weighted by Gasteiger charge is -2.29. The summed E-state index contributed by atoms with van der Waals surface area (Å²) in [5.74, 6) is 2.71. The summed E-state index contributed by atoms with van der Waals surface area (Å²) in [5, 5.41) is 0.308. The van der Waals surface area contributed by atoms with Gasteiger partial charge in [-0.1, -0.05) is 43.4 Å². The lowest BCUT2D eigenvalue weighted by molar-refractivity contribution is -0.203. The maximum atomic E-state index is 13.8. The van der Waals surface area contributed by atoms with Crippen LogP contribution in [0.15, 0.2) is 48.5 Å². The fraction of sp³-hybridized carbons (Fsp3) is 0.333. The average Bonchev–Trinajstić information content (AvgIpc) is 2.81. The molecule has 1 saturated heterocycles. The van der Waals surface area contributed by atoms with Crippen molar-refractivity contribution in [1.29, 1.82) is 0 Å². The minimum absolute atomic E-state index is 0.0330. The SMILES string of the molecule is CCCC1COC(CCc2ccc(C#Cc3ccc4c(F)c(F)c(F)cc4c3)cc2)OC1. The van der Waals surface area contributed by atoms with E-state index in [4.69, 9.17) is 9.47 Å². The number of hydrogen-bond donors (Lipinski definition) is 0. The minimum atomic E-state index is -1.46. The van der Waals surface area contributed by atoms with E-state index >= 15 is 0 Å². The van der Waals surface area contributed by atoms with Gasteiger partial charge in [-0.3, -0.25) is 0 Å². The van der Waals surface area contributed by atoms with Crippen LogP contribution >= 0.6 is 0 Å². The summed E-state index contributed by atoms with van der Waals surface area (Å²) in [5.41, 5.74) is 2.61. The van der Waals surface area contributed by atoms with Gasteiger partial charge in [-0.25, -0.2) is 13.2 Å². The lowest BCUT2D eigenvalue weighted by Crippen LogP contribution is -2.32. The first-order valence-electron chi connectivity index (χ1n) is 10.9. The van der Waals surface area contributed by atoms with Crippen molar-refractivity contribution in [1.82, 2.24) is 0 Å². The van der Waals surface area contributed by atoms with Gasteiger partial charge in [0, 0.05) is 28.9 Å². The van der Waals surface area contributed by atoms with Gasteiger partial charge in [-0.05, 0) is 54.1 Å². The van der Waals surface area contributed by atoms with Gasteiger partial charge >= 0.3 is 0 Å². The Bertz CT molecular complexity index is 1140. The second kappa shape index (κ2) is 10.2. The molecule has 0 saturated carbocycles. The number of halogens is 3. The summed E-state index contributed by atoms with van der Waals surface area (Å²) in [6.07, 6.45) is 3.82. The molecule has 3 aromatic rings. The van der Waals surface area contributed by atoms with Gasteiger partial charge in [-0.2, -0.15) is 0 Å². The predicted octanol–water partition coefficient (Wildman–Crippen LogP) is 6.38. The molecule has 0 N–H and O–H groups in total. The first-order chi connectivity index (χ1) is 15.5. The largest absolute Gasteiger partial charge is 0.352 e. The number of benzene rings is 3. The molecule has 5 heteroatoms. The van der Waals surface area contributed by atoms with Crippen LogP contribution in [0, 0.1) is 35.2 Å². The topological polar surface area (TPSA) is 18.5 Å². The molecule has 0 atom stereocenters. The third kappa shape index (κ3) is 5.32. The molecule has 1 fully saturated rings. The molecule has 2 nitrogen and oxygen atoms in total. The Balaban J connectivity index is 1.36. The molecule has 0 spiro atoms. The summed E-state index contributed by atoms with van der Waals surface area (Å²) in [6.45, 7) is 3.72. The van der Waals surface area contributed by atoms with Crippen molar-refractivity contribution in [3.8, 4) is 11.8 Å². The maximum absolute atomic E-state index is 13.8. The highest BCUT2D eigenvalue weighted by Gasteiger charge is 2.21. The smallest absolute Gasteiger partial charge is 0.195 e. The molecule has 1 aliphatic heterocycles. The fourth-order valence-electron chi connectivity index (χ4n) is 3.89. The Morgan fingerprint density at radius 1 is 0.844 bits per heavy atom. The molecule has 3 aromatic carbocycles. The van der Waals surface area contributed by atoms with Gasteiger partial charge in [0.2, 0.25) is 0 Å². The highest BCUT2D eigenvalue weighted by atomic mass is 19.2. The third-order valence-corrected chi connectivity index (χ3v) is 5.68. The van der Waals surface area contributed by atoms with Gasteiger partial charge in [0.25, 0.3) is 0 Å². The second-order valence-electron chi connectivity index (χ2n) is 8.16. The highest BCUT2D eigenvalue weighted by molar-refractivity contribution is 5.84. The van der Waals surface area contributed by atoms with E-state index in [0.717, 1.165) is 50.5 Å². The van der Waals surface area contributed by atoms with Gasteiger partial charge in [0.15, 0.2) is 23.7 Å². The van der Waals surface area contributed by atoms with Crippen LogP contribution in [0.3, 0.4) is 0 Å². The molecule has 0 radical (unpaired) electrons. The standard InChI is InChI=1S/C27H25F3O2/c1-2-3-21-16-31-25(32-17-21)13-11-19-6-4-18(5-7-19)8-9-20-10-12-23-22(14-20)15-24(28)27(30)26(23)29/h4-7,10,12,14-15,21,25H,2-3,11,13,16-17H2,1H3. The van der Waals surface area contributed by atoms with Gasteiger partial charge in [0.1, 0.15) is 0 Å². The molecular weight excluding hydrogens is 413 g/mol. The summed E-state index contributed by atoms with van der Waals surface area (Å²) < 4.78 is 52.3. The molecule has 0 amide bonds. The average molecular weight is 438 g/mol. The molecule has 0 aromatic heterocycles. The maximum Gasteiger partial charge on any atom is 0.195 e. The van der Waals surface area contributed by atoms with E-state index in [1.54, 1.807) is 12.1 Å². The van der Waals surface area contributed by atoms with Crippen molar-refractivity contribution < 1.29 is 22.6 Å². The molecule has 0 bridgehead atoms. The van der Waals surface area contributed by atoms with Crippen LogP contribution in [0.5, 0.6) is 0 Å². The Labute approximate surface area is 186 Å². The van der Waals surface area contributed by atoms with Gasteiger partial charge in [-0.15, -0.1) is 0 Å². The Kier molecular flexibility index (Phi) is 7.14. The fourth-order valence-corrected chi connectivity index (χ4v) is 3.89. The lowest BCUT2D eigenvalue weighted by atomic mass is 10.0. The highest BCUT2D eigenvalue weighted by Crippen LogP contribution is 2.24. The Morgan fingerprint density at radius 2 is 1.53 bits per heavy atom. The summed E-state index contributed by atoms with van der Waals surface area (Å²) in [6, 6.07) is 13.5. The Hall–Kier alpha value is -2.81. The predicted molar refractivity (Wildman–Crippen MR) is 119 cm³/mol. The summed E-state index contributed by atoms with van der Waals surface area (Å²) >= 11 is 0. The van der Waals surface area contributed by atoms with Crippen LogP contribution in [-0.2, 0) is 15.9 Å². The molecule has 1 aliphatic rings. The van der Waals surface area contributed by atoms with Gasteiger partial charge < -0.3 is 9.47 Å². The van der Waals surface area contributed by atoms with Crippen LogP contribution in [-0.4, -0.2) is 19.5 Å². The molecule has 166 valence electrons. The molecular formula is C27H25F3O2. The van der Waals surface area contributed by atoms with Gasteiger partial charge in [0.05, 0.1) is 13.2 Å². The molecule has 0 unspecified atom stereocenters. The van der Waals surface area contributed by atoms with Crippen LogP contribution in [0.25, 0.3) is 10.8 Å². The van der Waals surface area contributed by atoms with Crippen molar-refractivity contribution in [3.63, 3.8) is 0 Å². The molecule has 4 rings (SSSR count). The number of aryl methyl sites for hydroxylation is 1. The third-order valence-electron chi connectivity index (χ3n) is 5.68. The van der Waals surface area contributed by atoms with E-state index in [1.165, 1.54) is 11.6 Å². The van der Waals surface area contributed by atoms with Crippen LogP contribution < -0.4 is 0 Å². The molecule has 0 aliphatic carbocycles. The van der Waals surface area contributed by atoms with E-state index < -0.39 is 17.5 Å². The van der Waals surface area contributed by atoms with Crippen LogP contribution in [0.1, 0.15) is 42.9 Å². The van der Waals surface area contributed by atoms with Crippen molar-refractivity contribution in [2.24, 2.45) is 5.92 Å². The van der Waals surface area contributed by atoms with E-state index in [2.05, 4.69) is 18.8 Å². The summed E-state index contributed by atoms with van der Waals surface area (Å²) in [4.78, 5) is 0. The van der Waals surface area contributed by atoms with Crippen LogP contribution in [0.4, 0.5) is 13.2 Å². The van der Waals surface area contributed by atoms with Crippen LogP contribution in [0.2, 0.25) is 0 Å². The van der Waals surface area contributed by atoms with Crippen molar-refractivity contribution in [2.45, 2.75) is 38.9 Å². The zero-order chi connectivity index (χ0) is 22.5. The number of hydrogen-bond acceptors (Lipinski definition) is 2. The zero-order valence-corrected chi connectivity index (χ0v) is 18.0. The minimum Gasteiger partial charge on any atom is -0.352 e. The normalized spacial score (nSPS) is 18.4. The van der Waals surface area contributed by atoms with Crippen molar-refractivity contribution in [3.05, 3.63) is 82.7 Å². The first kappa shape index (κ1) is 22.4. The van der Waals surface area contributed by atoms with E-state index in [0.29, 0.717) is 11.5 Å². The van der Waals surface area contributed by atoms with E-state index in [1.807, 2.05) is 24.3 Å². The number of rotatable bonds is 5. The quantitative estimate of drug-likeness (QED) is 0.340. The number of fused-ring (bicyclic) bond motifs is 1. The van der Waals surface area contributed by atoms with Crippen molar-refractivity contribution >= 4 is 10.8 Å². The summed E-state index contributed by atoms with van der Waals surface area (Å²) in [7, 11) is 0. The van der Waals surface area contributed by atoms with E-state index in [-0.39, 0.29) is 17.1 Å².